The average Bonchev–Trinajstić information content (AvgIpc) is 3.07. The van der Waals surface area contributed by atoms with Gasteiger partial charge >= 0.3 is 0 Å². The summed E-state index contributed by atoms with van der Waals surface area (Å²) in [6.45, 7) is 7.61. The monoisotopic (exact) mass is 371 g/mol. The summed E-state index contributed by atoms with van der Waals surface area (Å²) in [5.74, 6) is -0.554. The first kappa shape index (κ1) is 20.2. The van der Waals surface area contributed by atoms with Crippen LogP contribution < -0.4 is 16.0 Å². The summed E-state index contributed by atoms with van der Waals surface area (Å²) in [5, 5.41) is 8.19. The first-order valence-corrected chi connectivity index (χ1v) is 8.88. The number of para-hydroxylation sites is 1. The van der Waals surface area contributed by atoms with Gasteiger partial charge in [-0.25, -0.2) is 0 Å². The van der Waals surface area contributed by atoms with Gasteiger partial charge in [0.25, 0.3) is 11.8 Å². The van der Waals surface area contributed by atoms with Crippen LogP contribution in [-0.4, -0.2) is 30.3 Å². The Balaban J connectivity index is 2.19. The van der Waals surface area contributed by atoms with Crippen molar-refractivity contribution in [1.29, 1.82) is 0 Å². The van der Waals surface area contributed by atoms with Gasteiger partial charge in [-0.2, -0.15) is 0 Å². The van der Waals surface area contributed by atoms with E-state index >= 15 is 0 Å². The molecule has 0 saturated carbocycles. The van der Waals surface area contributed by atoms with Gasteiger partial charge < -0.3 is 20.4 Å². The summed E-state index contributed by atoms with van der Waals surface area (Å²) in [6.07, 6.45) is 2.25. The molecule has 0 aliphatic heterocycles. The highest BCUT2D eigenvalue weighted by Gasteiger charge is 2.21. The lowest BCUT2D eigenvalue weighted by Crippen LogP contribution is -2.45. The van der Waals surface area contributed by atoms with E-state index in [1.165, 1.54) is 6.26 Å². The maximum absolute atomic E-state index is 12.7. The number of nitrogens with one attached hydrogen (secondary N) is 3. The number of hydrogen-bond acceptors (Lipinski definition) is 4. The molecule has 1 aromatic heterocycles. The Hall–Kier alpha value is -3.09. The minimum absolute atomic E-state index is 0.252. The lowest BCUT2D eigenvalue weighted by atomic mass is 10.1. The summed E-state index contributed by atoms with van der Waals surface area (Å²) in [4.78, 5) is 37.2. The molecule has 1 aromatic carbocycles. The summed E-state index contributed by atoms with van der Waals surface area (Å²) in [7, 11) is 0. The van der Waals surface area contributed by atoms with Gasteiger partial charge in [0.15, 0.2) is 0 Å². The predicted molar refractivity (Wildman–Crippen MR) is 103 cm³/mol. The third-order valence-corrected chi connectivity index (χ3v) is 4.15. The van der Waals surface area contributed by atoms with Gasteiger partial charge in [0, 0.05) is 6.54 Å². The maximum atomic E-state index is 12.7. The summed E-state index contributed by atoms with van der Waals surface area (Å²) < 4.78 is 5.16. The minimum atomic E-state index is -0.691. The standard InChI is InChI=1S/C20H25N3O4/c1-5-10-21-18(24)13(3)22-20(26)16-8-6-7-12(2)17(16)23-19(25)15-9-11-27-14(15)4/h6-9,11,13H,5,10H2,1-4H3,(H,21,24)(H,22,26)(H,23,25). The molecule has 1 unspecified atom stereocenters. The van der Waals surface area contributed by atoms with Crippen molar-refractivity contribution in [1.82, 2.24) is 10.6 Å². The molecule has 0 fully saturated rings. The van der Waals surface area contributed by atoms with Crippen molar-refractivity contribution in [2.24, 2.45) is 0 Å². The second kappa shape index (κ2) is 9.02. The van der Waals surface area contributed by atoms with Gasteiger partial charge in [-0.05, 0) is 44.9 Å². The van der Waals surface area contributed by atoms with Crippen LogP contribution in [0.25, 0.3) is 0 Å². The maximum Gasteiger partial charge on any atom is 0.259 e. The number of carbonyl (C=O) groups excluding carboxylic acids is 3. The van der Waals surface area contributed by atoms with Crippen molar-refractivity contribution >= 4 is 23.4 Å². The first-order valence-electron chi connectivity index (χ1n) is 8.88. The zero-order valence-corrected chi connectivity index (χ0v) is 16.0. The first-order chi connectivity index (χ1) is 12.8. The van der Waals surface area contributed by atoms with E-state index in [1.54, 1.807) is 45.0 Å². The van der Waals surface area contributed by atoms with E-state index in [2.05, 4.69) is 16.0 Å². The molecule has 0 aliphatic rings. The van der Waals surface area contributed by atoms with E-state index < -0.39 is 11.9 Å². The van der Waals surface area contributed by atoms with E-state index in [0.717, 1.165) is 12.0 Å². The number of rotatable bonds is 7. The molecule has 7 nitrogen and oxygen atoms in total. The van der Waals surface area contributed by atoms with Crippen LogP contribution in [0.2, 0.25) is 0 Å². The Morgan fingerprint density at radius 2 is 1.81 bits per heavy atom. The molecule has 27 heavy (non-hydrogen) atoms. The van der Waals surface area contributed by atoms with Crippen molar-refractivity contribution in [3.63, 3.8) is 0 Å². The highest BCUT2D eigenvalue weighted by Crippen LogP contribution is 2.22. The highest BCUT2D eigenvalue weighted by atomic mass is 16.3. The fourth-order valence-electron chi connectivity index (χ4n) is 2.57. The molecule has 0 bridgehead atoms. The van der Waals surface area contributed by atoms with Crippen molar-refractivity contribution < 1.29 is 18.8 Å². The van der Waals surface area contributed by atoms with E-state index in [9.17, 15) is 14.4 Å². The second-order valence-electron chi connectivity index (χ2n) is 6.33. The number of carbonyl (C=O) groups is 3. The van der Waals surface area contributed by atoms with E-state index in [4.69, 9.17) is 4.42 Å². The molecule has 0 spiro atoms. The van der Waals surface area contributed by atoms with E-state index in [1.807, 2.05) is 6.92 Å². The van der Waals surface area contributed by atoms with Crippen molar-refractivity contribution in [3.8, 4) is 0 Å². The Morgan fingerprint density at radius 1 is 1.07 bits per heavy atom. The third kappa shape index (κ3) is 4.97. The molecule has 3 N–H and O–H groups in total. The Bertz CT molecular complexity index is 842. The lowest BCUT2D eigenvalue weighted by molar-refractivity contribution is -0.122. The molecule has 0 radical (unpaired) electrons. The normalized spacial score (nSPS) is 11.6. The molecular formula is C20H25N3O4. The molecule has 1 heterocycles. The summed E-state index contributed by atoms with van der Waals surface area (Å²) in [6, 6.07) is 6.01. The fourth-order valence-corrected chi connectivity index (χ4v) is 2.57. The molecule has 2 rings (SSSR count). The van der Waals surface area contributed by atoms with Crippen LogP contribution in [0.5, 0.6) is 0 Å². The fraction of sp³-hybridized carbons (Fsp3) is 0.350. The zero-order chi connectivity index (χ0) is 20.0. The van der Waals surface area contributed by atoms with Gasteiger partial charge in [-0.3, -0.25) is 14.4 Å². The van der Waals surface area contributed by atoms with E-state index in [-0.39, 0.29) is 11.8 Å². The molecule has 3 amide bonds. The minimum Gasteiger partial charge on any atom is -0.469 e. The number of hydrogen-bond donors (Lipinski definition) is 3. The number of furan rings is 1. The van der Waals surface area contributed by atoms with Crippen LogP contribution in [0, 0.1) is 13.8 Å². The van der Waals surface area contributed by atoms with Crippen LogP contribution in [0.15, 0.2) is 34.9 Å². The zero-order valence-electron chi connectivity index (χ0n) is 16.0. The predicted octanol–water partition coefficient (Wildman–Crippen LogP) is 2.79. The molecule has 0 aliphatic carbocycles. The van der Waals surface area contributed by atoms with Crippen LogP contribution >= 0.6 is 0 Å². The number of aryl methyl sites for hydroxylation is 2. The Labute approximate surface area is 158 Å². The summed E-state index contributed by atoms with van der Waals surface area (Å²) in [5.41, 5.74) is 1.83. The number of benzene rings is 1. The molecule has 0 saturated heterocycles. The second-order valence-corrected chi connectivity index (χ2v) is 6.33. The van der Waals surface area contributed by atoms with Crippen LogP contribution in [-0.2, 0) is 4.79 Å². The lowest BCUT2D eigenvalue weighted by Gasteiger charge is -2.17. The molecular weight excluding hydrogens is 346 g/mol. The third-order valence-electron chi connectivity index (χ3n) is 4.15. The van der Waals surface area contributed by atoms with Crippen molar-refractivity contribution in [2.75, 3.05) is 11.9 Å². The topological polar surface area (TPSA) is 100 Å². The van der Waals surface area contributed by atoms with Gasteiger partial charge in [0.2, 0.25) is 5.91 Å². The molecule has 2 aromatic rings. The Morgan fingerprint density at radius 3 is 2.44 bits per heavy atom. The van der Waals surface area contributed by atoms with E-state index in [0.29, 0.717) is 29.1 Å². The Kier molecular flexibility index (Phi) is 6.76. The molecule has 7 heteroatoms. The highest BCUT2D eigenvalue weighted by molar-refractivity contribution is 6.10. The summed E-state index contributed by atoms with van der Waals surface area (Å²) >= 11 is 0. The van der Waals surface area contributed by atoms with Crippen LogP contribution in [0.3, 0.4) is 0 Å². The molecule has 1 atom stereocenters. The molecule has 144 valence electrons. The van der Waals surface area contributed by atoms with Gasteiger partial charge in [-0.1, -0.05) is 19.1 Å². The van der Waals surface area contributed by atoms with Crippen LogP contribution in [0.4, 0.5) is 5.69 Å². The van der Waals surface area contributed by atoms with Crippen molar-refractivity contribution in [2.45, 2.75) is 40.2 Å². The number of amides is 3. The quantitative estimate of drug-likeness (QED) is 0.697. The van der Waals surface area contributed by atoms with Gasteiger partial charge in [0.05, 0.1) is 23.1 Å². The van der Waals surface area contributed by atoms with Gasteiger partial charge in [-0.15, -0.1) is 0 Å². The number of anilines is 1. The largest absolute Gasteiger partial charge is 0.469 e. The van der Waals surface area contributed by atoms with Crippen LogP contribution in [0.1, 0.15) is 52.3 Å². The average molecular weight is 371 g/mol. The smallest absolute Gasteiger partial charge is 0.259 e. The SMILES string of the molecule is CCCNC(=O)C(C)NC(=O)c1cccc(C)c1NC(=O)c1ccoc1C. The van der Waals surface area contributed by atoms with Crippen molar-refractivity contribution in [3.05, 3.63) is 53.0 Å². The van der Waals surface area contributed by atoms with Gasteiger partial charge in [0.1, 0.15) is 11.8 Å².